The van der Waals surface area contributed by atoms with Crippen molar-refractivity contribution in [1.29, 1.82) is 0 Å². The van der Waals surface area contributed by atoms with E-state index in [0.717, 1.165) is 4.90 Å². The van der Waals surface area contributed by atoms with Gasteiger partial charge in [-0.3, -0.25) is 19.3 Å². The lowest BCUT2D eigenvalue weighted by atomic mass is 10.2. The molecule has 0 saturated carbocycles. The van der Waals surface area contributed by atoms with Gasteiger partial charge in [0.1, 0.15) is 6.04 Å². The summed E-state index contributed by atoms with van der Waals surface area (Å²) in [6.07, 6.45) is 0.588. The average Bonchev–Trinajstić information content (AvgIpc) is 2.63. The van der Waals surface area contributed by atoms with Crippen molar-refractivity contribution in [2.24, 2.45) is 0 Å². The van der Waals surface area contributed by atoms with Crippen LogP contribution in [0.1, 0.15) is 32.6 Å². The number of carboxylic acid groups (broad SMARTS) is 1. The Kier molecular flexibility index (Phi) is 4.82. The van der Waals surface area contributed by atoms with Gasteiger partial charge in [0.25, 0.3) is 0 Å². The number of likely N-dealkylation sites (tertiary alicyclic amines) is 1. The number of amides is 3. The number of imide groups is 1. The molecule has 0 aromatic carbocycles. The Morgan fingerprint density at radius 1 is 1.33 bits per heavy atom. The summed E-state index contributed by atoms with van der Waals surface area (Å²) in [6, 6.07) is -0.928. The van der Waals surface area contributed by atoms with E-state index in [1.807, 2.05) is 0 Å². The first-order valence-electron chi connectivity index (χ1n) is 5.81. The fourth-order valence-electron chi connectivity index (χ4n) is 1.69. The van der Waals surface area contributed by atoms with Crippen LogP contribution >= 0.6 is 0 Å². The van der Waals surface area contributed by atoms with Crippen LogP contribution in [0.15, 0.2) is 0 Å². The van der Waals surface area contributed by atoms with Crippen LogP contribution in [0.4, 0.5) is 0 Å². The van der Waals surface area contributed by atoms with Crippen LogP contribution in [-0.2, 0) is 19.2 Å². The molecule has 0 bridgehead atoms. The Morgan fingerprint density at radius 2 is 1.89 bits per heavy atom. The minimum absolute atomic E-state index is 0.0134. The summed E-state index contributed by atoms with van der Waals surface area (Å²) in [4.78, 5) is 45.7. The molecule has 0 radical (unpaired) electrons. The Labute approximate surface area is 104 Å². The van der Waals surface area contributed by atoms with Gasteiger partial charge >= 0.3 is 5.97 Å². The molecule has 1 rings (SSSR count). The summed E-state index contributed by atoms with van der Waals surface area (Å²) < 4.78 is 0. The first-order valence-corrected chi connectivity index (χ1v) is 5.81. The van der Waals surface area contributed by atoms with Gasteiger partial charge in [0.15, 0.2) is 0 Å². The summed E-state index contributed by atoms with van der Waals surface area (Å²) in [7, 11) is 0. The number of rotatable bonds is 6. The number of nitrogens with zero attached hydrogens (tertiary/aromatic N) is 1. The number of hydrogen-bond acceptors (Lipinski definition) is 4. The predicted octanol–water partition coefficient (Wildman–Crippen LogP) is -0.495. The molecule has 7 heteroatoms. The van der Waals surface area contributed by atoms with Gasteiger partial charge in [-0.05, 0) is 6.42 Å². The number of hydrogen-bond donors (Lipinski definition) is 2. The van der Waals surface area contributed by atoms with Crippen molar-refractivity contribution in [3.05, 3.63) is 0 Å². The van der Waals surface area contributed by atoms with Crippen LogP contribution in [0.3, 0.4) is 0 Å². The van der Waals surface area contributed by atoms with Crippen LogP contribution in [0, 0.1) is 0 Å². The second-order valence-electron chi connectivity index (χ2n) is 4.06. The molecular formula is C11H16N2O5. The zero-order valence-electron chi connectivity index (χ0n) is 10.1. The van der Waals surface area contributed by atoms with E-state index in [4.69, 9.17) is 5.11 Å². The molecule has 1 fully saturated rings. The monoisotopic (exact) mass is 256 g/mol. The summed E-state index contributed by atoms with van der Waals surface area (Å²) in [5, 5.41) is 11.1. The van der Waals surface area contributed by atoms with E-state index in [1.54, 1.807) is 6.92 Å². The molecule has 1 heterocycles. The zero-order chi connectivity index (χ0) is 13.7. The van der Waals surface area contributed by atoms with E-state index in [-0.39, 0.29) is 44.0 Å². The van der Waals surface area contributed by atoms with Crippen LogP contribution < -0.4 is 5.32 Å². The second kappa shape index (κ2) is 6.13. The average molecular weight is 256 g/mol. The Bertz CT molecular complexity index is 364. The van der Waals surface area contributed by atoms with Gasteiger partial charge in [0.05, 0.1) is 0 Å². The van der Waals surface area contributed by atoms with Gasteiger partial charge in [0, 0.05) is 25.8 Å². The maximum absolute atomic E-state index is 11.5. The van der Waals surface area contributed by atoms with Gasteiger partial charge in [-0.25, -0.2) is 4.79 Å². The molecule has 0 aliphatic carbocycles. The molecule has 1 atom stereocenters. The largest absolute Gasteiger partial charge is 0.480 e. The first kappa shape index (κ1) is 14.1. The number of carbonyl (C=O) groups excluding carboxylic acids is 3. The molecule has 0 aromatic heterocycles. The minimum atomic E-state index is -1.10. The van der Waals surface area contributed by atoms with Gasteiger partial charge < -0.3 is 10.4 Å². The first-order chi connectivity index (χ1) is 8.45. The molecule has 1 saturated heterocycles. The highest BCUT2D eigenvalue weighted by atomic mass is 16.4. The van der Waals surface area contributed by atoms with Crippen molar-refractivity contribution in [3.8, 4) is 0 Å². The SMILES string of the molecule is CCC(NC(=O)CCN1C(=O)CCC1=O)C(=O)O. The van der Waals surface area contributed by atoms with Gasteiger partial charge in [-0.1, -0.05) is 6.92 Å². The molecule has 100 valence electrons. The summed E-state index contributed by atoms with van der Waals surface area (Å²) in [6.45, 7) is 1.66. The standard InChI is InChI=1S/C11H16N2O5/c1-2-7(11(17)18)12-8(14)5-6-13-9(15)3-4-10(13)16/h7H,2-6H2,1H3,(H,12,14)(H,17,18). The molecule has 0 aromatic rings. The third-order valence-corrected chi connectivity index (χ3v) is 2.76. The van der Waals surface area contributed by atoms with Crippen LogP contribution in [-0.4, -0.2) is 46.3 Å². The van der Waals surface area contributed by atoms with Crippen molar-refractivity contribution in [1.82, 2.24) is 10.2 Å². The molecule has 18 heavy (non-hydrogen) atoms. The number of nitrogens with one attached hydrogen (secondary N) is 1. The van der Waals surface area contributed by atoms with E-state index >= 15 is 0 Å². The van der Waals surface area contributed by atoms with Gasteiger partial charge in [-0.15, -0.1) is 0 Å². The maximum atomic E-state index is 11.5. The van der Waals surface area contributed by atoms with Crippen molar-refractivity contribution in [3.63, 3.8) is 0 Å². The van der Waals surface area contributed by atoms with Crippen molar-refractivity contribution < 1.29 is 24.3 Å². The van der Waals surface area contributed by atoms with Gasteiger partial charge in [0.2, 0.25) is 17.7 Å². The highest BCUT2D eigenvalue weighted by molar-refractivity contribution is 6.02. The fraction of sp³-hybridized carbons (Fsp3) is 0.636. The molecule has 0 spiro atoms. The van der Waals surface area contributed by atoms with Crippen LogP contribution in [0.25, 0.3) is 0 Å². The molecule has 1 aliphatic heterocycles. The van der Waals surface area contributed by atoms with Crippen LogP contribution in [0.2, 0.25) is 0 Å². The topological polar surface area (TPSA) is 104 Å². The Hall–Kier alpha value is -1.92. The normalized spacial score (nSPS) is 16.8. The summed E-state index contributed by atoms with van der Waals surface area (Å²) >= 11 is 0. The molecule has 1 unspecified atom stereocenters. The van der Waals surface area contributed by atoms with E-state index in [2.05, 4.69) is 5.32 Å². The molecule has 7 nitrogen and oxygen atoms in total. The lowest BCUT2D eigenvalue weighted by Gasteiger charge is -2.15. The lowest BCUT2D eigenvalue weighted by Crippen LogP contribution is -2.42. The smallest absolute Gasteiger partial charge is 0.326 e. The number of carboxylic acids is 1. The molecule has 1 aliphatic rings. The number of aliphatic carboxylic acids is 1. The lowest BCUT2D eigenvalue weighted by molar-refractivity contribution is -0.143. The van der Waals surface area contributed by atoms with Crippen molar-refractivity contribution >= 4 is 23.7 Å². The van der Waals surface area contributed by atoms with E-state index in [9.17, 15) is 19.2 Å². The Morgan fingerprint density at radius 3 is 2.33 bits per heavy atom. The third-order valence-electron chi connectivity index (χ3n) is 2.76. The third kappa shape index (κ3) is 3.54. The van der Waals surface area contributed by atoms with Crippen molar-refractivity contribution in [2.45, 2.75) is 38.6 Å². The highest BCUT2D eigenvalue weighted by Crippen LogP contribution is 2.11. The molecular weight excluding hydrogens is 240 g/mol. The van der Waals surface area contributed by atoms with Gasteiger partial charge in [-0.2, -0.15) is 0 Å². The minimum Gasteiger partial charge on any atom is -0.480 e. The summed E-state index contributed by atoms with van der Waals surface area (Å²) in [5.74, 6) is -2.13. The van der Waals surface area contributed by atoms with E-state index < -0.39 is 17.9 Å². The summed E-state index contributed by atoms with van der Waals surface area (Å²) in [5.41, 5.74) is 0. The van der Waals surface area contributed by atoms with Crippen LogP contribution in [0.5, 0.6) is 0 Å². The number of carbonyl (C=O) groups is 4. The zero-order valence-corrected chi connectivity index (χ0v) is 10.1. The quantitative estimate of drug-likeness (QED) is 0.624. The molecule has 3 amide bonds. The van der Waals surface area contributed by atoms with E-state index in [1.165, 1.54) is 0 Å². The Balaban J connectivity index is 2.39. The molecule has 2 N–H and O–H groups in total. The maximum Gasteiger partial charge on any atom is 0.326 e. The highest BCUT2D eigenvalue weighted by Gasteiger charge is 2.29. The van der Waals surface area contributed by atoms with Crippen molar-refractivity contribution in [2.75, 3.05) is 6.54 Å². The second-order valence-corrected chi connectivity index (χ2v) is 4.06. The predicted molar refractivity (Wildman–Crippen MR) is 60.4 cm³/mol. The van der Waals surface area contributed by atoms with E-state index in [0.29, 0.717) is 0 Å². The fourth-order valence-corrected chi connectivity index (χ4v) is 1.69.